The van der Waals surface area contributed by atoms with Gasteiger partial charge in [-0.15, -0.1) is 0 Å². The first kappa shape index (κ1) is 16.2. The third-order valence-electron chi connectivity index (χ3n) is 3.47. The van der Waals surface area contributed by atoms with Crippen molar-refractivity contribution >= 4 is 27.6 Å². The Bertz CT molecular complexity index is 970. The van der Waals surface area contributed by atoms with Crippen LogP contribution in [0.2, 0.25) is 0 Å². The molecule has 1 aromatic carbocycles. The van der Waals surface area contributed by atoms with Gasteiger partial charge in [0.15, 0.2) is 5.69 Å². The molecule has 0 aliphatic carbocycles. The van der Waals surface area contributed by atoms with Gasteiger partial charge in [0.2, 0.25) is 0 Å². The average Bonchev–Trinajstić information content (AvgIpc) is 2.82. The number of aromatic nitrogens is 3. The van der Waals surface area contributed by atoms with Crippen molar-refractivity contribution in [1.82, 2.24) is 14.8 Å². The van der Waals surface area contributed by atoms with Crippen LogP contribution in [0.5, 0.6) is 0 Å². The van der Waals surface area contributed by atoms with Crippen molar-refractivity contribution in [2.75, 3.05) is 0 Å². The van der Waals surface area contributed by atoms with Gasteiger partial charge in [0, 0.05) is 29.6 Å². The number of hydrogen-bond donors (Lipinski definition) is 0. The highest BCUT2D eigenvalue weighted by Crippen LogP contribution is 2.38. The number of nitrogens with zero attached hydrogens (tertiary/aromatic N) is 3. The lowest BCUT2D eigenvalue weighted by molar-refractivity contribution is -0.140. The van der Waals surface area contributed by atoms with Crippen LogP contribution in [0.4, 0.5) is 26.3 Å². The number of hydrogen-bond acceptors (Lipinski definition) is 3. The molecule has 24 heavy (non-hydrogen) atoms. The highest BCUT2D eigenvalue weighted by Gasteiger charge is 2.42. The average molecular weight is 347 g/mol. The molecule has 4 nitrogen and oxygen atoms in total. The molecule has 10 heteroatoms. The van der Waals surface area contributed by atoms with Crippen LogP contribution in [0.25, 0.3) is 21.8 Å². The number of halogens is 6. The van der Waals surface area contributed by atoms with E-state index in [4.69, 9.17) is 0 Å². The molecular formula is C14H7F6N3O. The lowest BCUT2D eigenvalue weighted by Crippen LogP contribution is -2.23. The van der Waals surface area contributed by atoms with Crippen molar-refractivity contribution in [2.24, 2.45) is 7.05 Å². The molecule has 3 rings (SSSR count). The van der Waals surface area contributed by atoms with Crippen LogP contribution >= 0.6 is 0 Å². The number of carbonyl (C=O) groups excluding carboxylic acids is 1. The summed E-state index contributed by atoms with van der Waals surface area (Å²) in [4.78, 5) is 15.5. The Kier molecular flexibility index (Phi) is 3.32. The molecule has 2 heterocycles. The van der Waals surface area contributed by atoms with Crippen LogP contribution in [-0.4, -0.2) is 26.7 Å². The molecule has 0 unspecified atom stereocenters. The van der Waals surface area contributed by atoms with E-state index in [0.717, 1.165) is 4.68 Å². The maximum atomic E-state index is 13.1. The van der Waals surface area contributed by atoms with E-state index in [-0.39, 0.29) is 16.4 Å². The van der Waals surface area contributed by atoms with Gasteiger partial charge < -0.3 is 0 Å². The van der Waals surface area contributed by atoms with Gasteiger partial charge in [-0.05, 0) is 12.1 Å². The number of alkyl halides is 6. The second-order valence-electron chi connectivity index (χ2n) is 5.02. The first-order chi connectivity index (χ1) is 11.0. The molecule has 0 spiro atoms. The fourth-order valence-corrected chi connectivity index (χ4v) is 2.54. The van der Waals surface area contributed by atoms with Crippen molar-refractivity contribution < 1.29 is 31.1 Å². The van der Waals surface area contributed by atoms with Crippen LogP contribution in [0, 0.1) is 0 Å². The van der Waals surface area contributed by atoms with Gasteiger partial charge in [-0.25, -0.2) is 0 Å². The van der Waals surface area contributed by atoms with Crippen molar-refractivity contribution in [3.63, 3.8) is 0 Å². The number of pyridine rings is 1. The first-order valence-electron chi connectivity index (χ1n) is 6.45. The van der Waals surface area contributed by atoms with E-state index in [2.05, 4.69) is 10.1 Å². The molecule has 0 saturated carbocycles. The molecule has 2 aromatic heterocycles. The third-order valence-corrected chi connectivity index (χ3v) is 3.47. The van der Waals surface area contributed by atoms with Gasteiger partial charge in [-0.3, -0.25) is 14.5 Å². The lowest BCUT2D eigenvalue weighted by Gasteiger charge is -2.10. The topological polar surface area (TPSA) is 47.8 Å². The highest BCUT2D eigenvalue weighted by atomic mass is 19.4. The minimum atomic E-state index is -5.23. The van der Waals surface area contributed by atoms with E-state index in [9.17, 15) is 31.1 Å². The Morgan fingerprint density at radius 2 is 1.79 bits per heavy atom. The highest BCUT2D eigenvalue weighted by molar-refractivity contribution is 6.17. The standard InChI is InChI=1S/C14H7F6N3O/c1-23-10-8(11(22-23)13(15,16)17)5-7(12(24)14(18,19)20)6-3-2-4-21-9(6)10/h2-5H,1H3. The molecule has 0 bridgehead atoms. The smallest absolute Gasteiger partial charge is 0.284 e. The van der Waals surface area contributed by atoms with E-state index < -0.39 is 34.8 Å². The van der Waals surface area contributed by atoms with E-state index in [1.54, 1.807) is 0 Å². The Morgan fingerprint density at radius 3 is 2.38 bits per heavy atom. The SMILES string of the molecule is Cn1nc(C(F)(F)F)c2cc(C(=O)C(F)(F)F)c3cccnc3c21. The molecular weight excluding hydrogens is 340 g/mol. The normalized spacial score (nSPS) is 13.0. The van der Waals surface area contributed by atoms with Gasteiger partial charge in [-0.1, -0.05) is 6.07 Å². The maximum absolute atomic E-state index is 13.1. The summed E-state index contributed by atoms with van der Waals surface area (Å²) >= 11 is 0. The molecule has 0 amide bonds. The van der Waals surface area contributed by atoms with Gasteiger partial charge in [0.05, 0.1) is 11.0 Å². The zero-order valence-corrected chi connectivity index (χ0v) is 11.8. The summed E-state index contributed by atoms with van der Waals surface area (Å²) in [5.74, 6) is -2.24. The Labute approximate surface area is 129 Å². The number of ketones is 1. The predicted octanol–water partition coefficient (Wildman–Crippen LogP) is 3.89. The molecule has 0 fully saturated rings. The number of fused-ring (bicyclic) bond motifs is 3. The second-order valence-corrected chi connectivity index (χ2v) is 5.02. The Balaban J connectivity index is 2.51. The van der Waals surface area contributed by atoms with Crippen LogP contribution in [0.15, 0.2) is 24.4 Å². The number of benzene rings is 1. The van der Waals surface area contributed by atoms with E-state index >= 15 is 0 Å². The first-order valence-corrected chi connectivity index (χ1v) is 6.45. The summed E-state index contributed by atoms with van der Waals surface area (Å²) in [5, 5.41) is 2.53. The van der Waals surface area contributed by atoms with E-state index in [1.807, 2.05) is 0 Å². The Morgan fingerprint density at radius 1 is 1.12 bits per heavy atom. The molecule has 0 atom stereocenters. The summed E-state index contributed by atoms with van der Waals surface area (Å²) < 4.78 is 78.5. The maximum Gasteiger partial charge on any atom is 0.454 e. The van der Waals surface area contributed by atoms with Crippen molar-refractivity contribution in [2.45, 2.75) is 12.4 Å². The zero-order valence-electron chi connectivity index (χ0n) is 11.8. The van der Waals surface area contributed by atoms with E-state index in [0.29, 0.717) is 6.07 Å². The van der Waals surface area contributed by atoms with Crippen LogP contribution in [0.1, 0.15) is 16.1 Å². The van der Waals surface area contributed by atoms with Crippen LogP contribution < -0.4 is 0 Å². The molecule has 0 aliphatic heterocycles. The van der Waals surface area contributed by atoms with Crippen LogP contribution in [-0.2, 0) is 13.2 Å². The monoisotopic (exact) mass is 347 g/mol. The minimum Gasteiger partial charge on any atom is -0.284 e. The van der Waals surface area contributed by atoms with Gasteiger partial charge in [0.25, 0.3) is 5.78 Å². The second kappa shape index (κ2) is 4.92. The molecule has 0 N–H and O–H groups in total. The van der Waals surface area contributed by atoms with Crippen LogP contribution in [0.3, 0.4) is 0 Å². The van der Waals surface area contributed by atoms with Gasteiger partial charge >= 0.3 is 12.4 Å². The summed E-state index contributed by atoms with van der Waals surface area (Å²) in [7, 11) is 1.22. The Hall–Kier alpha value is -2.65. The zero-order chi connectivity index (χ0) is 17.9. The predicted molar refractivity (Wildman–Crippen MR) is 71.4 cm³/mol. The van der Waals surface area contributed by atoms with Gasteiger partial charge in [0.1, 0.15) is 0 Å². The number of rotatable bonds is 1. The fraction of sp³-hybridized carbons (Fsp3) is 0.214. The third kappa shape index (κ3) is 2.38. The number of aryl methyl sites for hydroxylation is 1. The summed E-state index contributed by atoms with van der Waals surface area (Å²) in [5.41, 5.74) is -2.52. The quantitative estimate of drug-likeness (QED) is 0.496. The van der Waals surface area contributed by atoms with Crippen molar-refractivity contribution in [3.05, 3.63) is 35.7 Å². The van der Waals surface area contributed by atoms with Crippen molar-refractivity contribution in [1.29, 1.82) is 0 Å². The lowest BCUT2D eigenvalue weighted by atomic mass is 10.00. The molecule has 0 saturated heterocycles. The summed E-state index contributed by atoms with van der Waals surface area (Å²) in [6.07, 6.45) is -8.90. The number of carbonyl (C=O) groups is 1. The largest absolute Gasteiger partial charge is 0.454 e. The molecule has 126 valence electrons. The molecule has 3 aromatic rings. The van der Waals surface area contributed by atoms with Crippen molar-refractivity contribution in [3.8, 4) is 0 Å². The number of Topliss-reactive ketones (excluding diaryl/α,β-unsaturated/α-hetero) is 1. The fourth-order valence-electron chi connectivity index (χ4n) is 2.54. The molecule has 0 aliphatic rings. The summed E-state index contributed by atoms with van der Waals surface area (Å²) in [6, 6.07) is 3.06. The molecule has 0 radical (unpaired) electrons. The minimum absolute atomic E-state index is 0.100. The summed E-state index contributed by atoms with van der Waals surface area (Å²) in [6.45, 7) is 0. The van der Waals surface area contributed by atoms with E-state index in [1.165, 1.54) is 25.4 Å². The van der Waals surface area contributed by atoms with Gasteiger partial charge in [-0.2, -0.15) is 31.4 Å².